The van der Waals surface area contributed by atoms with Crippen molar-refractivity contribution in [3.05, 3.63) is 57.8 Å². The van der Waals surface area contributed by atoms with Crippen molar-refractivity contribution in [2.24, 2.45) is 0 Å². The van der Waals surface area contributed by atoms with Crippen LogP contribution in [-0.4, -0.2) is 29.5 Å². The molecular weight excluding hydrogens is 361 g/mol. The van der Waals surface area contributed by atoms with Crippen LogP contribution in [0.5, 0.6) is 0 Å². The number of hydrogen-bond donors (Lipinski definition) is 0. The number of methoxy groups -OCH3 is 1. The molecule has 1 heterocycles. The number of rotatable bonds is 6. The molecule has 0 amide bonds. The van der Waals surface area contributed by atoms with Crippen LogP contribution < -0.4 is 0 Å². The van der Waals surface area contributed by atoms with Gasteiger partial charge in [-0.25, -0.2) is 22.6 Å². The van der Waals surface area contributed by atoms with Gasteiger partial charge in [-0.2, -0.15) is 5.10 Å². The lowest BCUT2D eigenvalue weighted by Gasteiger charge is -2.06. The van der Waals surface area contributed by atoms with Gasteiger partial charge in [0.1, 0.15) is 11.0 Å². The Bertz CT molecular complexity index is 821. The summed E-state index contributed by atoms with van der Waals surface area (Å²) < 4.78 is 51.0. The zero-order chi connectivity index (χ0) is 18.6. The summed E-state index contributed by atoms with van der Waals surface area (Å²) in [7, 11) is 1.40. The Balaban J connectivity index is 2.46. The van der Waals surface area contributed by atoms with Gasteiger partial charge in [0.05, 0.1) is 26.5 Å². The first kappa shape index (κ1) is 18.9. The van der Waals surface area contributed by atoms with Gasteiger partial charge in [0.15, 0.2) is 17.3 Å². The minimum atomic E-state index is -1.30. The van der Waals surface area contributed by atoms with Gasteiger partial charge in [-0.1, -0.05) is 11.6 Å². The number of carbonyl (C=O) groups is 1. The first-order chi connectivity index (χ1) is 11.9. The normalized spacial score (nSPS) is 11.1. The van der Waals surface area contributed by atoms with Crippen molar-refractivity contribution in [3.8, 4) is 0 Å². The van der Waals surface area contributed by atoms with E-state index < -0.39 is 23.4 Å². The molecule has 0 unspecified atom stereocenters. The van der Waals surface area contributed by atoms with Gasteiger partial charge < -0.3 is 9.47 Å². The van der Waals surface area contributed by atoms with Crippen LogP contribution in [0.15, 0.2) is 18.4 Å². The Kier molecular flexibility index (Phi) is 6.08. The molecule has 0 aliphatic rings. The van der Waals surface area contributed by atoms with Crippen molar-refractivity contribution in [3.63, 3.8) is 0 Å². The second-order valence-corrected chi connectivity index (χ2v) is 5.19. The zero-order valence-corrected chi connectivity index (χ0v) is 14.1. The largest absolute Gasteiger partial charge is 0.504 e. The van der Waals surface area contributed by atoms with E-state index in [-0.39, 0.29) is 35.1 Å². The summed E-state index contributed by atoms with van der Waals surface area (Å²) in [4.78, 5) is 12.0. The maximum Gasteiger partial charge on any atom is 0.359 e. The maximum atomic E-state index is 13.8. The van der Waals surface area contributed by atoms with Crippen molar-refractivity contribution in [1.82, 2.24) is 9.78 Å². The molecule has 0 saturated heterocycles. The van der Waals surface area contributed by atoms with Crippen LogP contribution in [0, 0.1) is 17.5 Å². The van der Waals surface area contributed by atoms with Crippen molar-refractivity contribution in [2.45, 2.75) is 13.5 Å². The molecule has 2 rings (SSSR count). The van der Waals surface area contributed by atoms with E-state index in [2.05, 4.69) is 5.10 Å². The summed E-state index contributed by atoms with van der Waals surface area (Å²) in [6.45, 7) is 1.43. The third kappa shape index (κ3) is 4.14. The van der Waals surface area contributed by atoms with Crippen LogP contribution in [0.3, 0.4) is 0 Å². The Morgan fingerprint density at radius 2 is 1.96 bits per heavy atom. The molecule has 0 radical (unpaired) electrons. The maximum absolute atomic E-state index is 13.8. The molecular formula is C16H14ClF3N2O3. The lowest BCUT2D eigenvalue weighted by Crippen LogP contribution is -2.09. The number of ether oxygens (including phenoxy) is 2. The van der Waals surface area contributed by atoms with Gasteiger partial charge in [-0.3, -0.25) is 0 Å². The minimum absolute atomic E-state index is 0.0134. The van der Waals surface area contributed by atoms with Gasteiger partial charge in [0.25, 0.3) is 0 Å². The second-order valence-electron chi connectivity index (χ2n) is 4.83. The monoisotopic (exact) mass is 374 g/mol. The first-order valence-corrected chi connectivity index (χ1v) is 7.53. The Morgan fingerprint density at radius 1 is 1.28 bits per heavy atom. The molecule has 0 bridgehead atoms. The minimum Gasteiger partial charge on any atom is -0.504 e. The van der Waals surface area contributed by atoms with Crippen LogP contribution in [0.4, 0.5) is 13.2 Å². The summed E-state index contributed by atoms with van der Waals surface area (Å²) in [5.74, 6) is -4.20. The molecule has 25 heavy (non-hydrogen) atoms. The Hall–Kier alpha value is -2.48. The van der Waals surface area contributed by atoms with Crippen LogP contribution in [0.1, 0.15) is 28.5 Å². The number of halogens is 4. The van der Waals surface area contributed by atoms with Crippen LogP contribution in [0.2, 0.25) is 5.15 Å². The quantitative estimate of drug-likeness (QED) is 0.438. The number of esters is 1. The second kappa shape index (κ2) is 8.06. The fourth-order valence-corrected chi connectivity index (χ4v) is 2.29. The van der Waals surface area contributed by atoms with Crippen molar-refractivity contribution < 1.29 is 27.4 Å². The number of benzene rings is 1. The summed E-state index contributed by atoms with van der Waals surface area (Å²) in [6.07, 6.45) is 2.66. The van der Waals surface area contributed by atoms with E-state index in [1.165, 1.54) is 19.4 Å². The Morgan fingerprint density at radius 3 is 2.60 bits per heavy atom. The highest BCUT2D eigenvalue weighted by Crippen LogP contribution is 2.25. The van der Waals surface area contributed by atoms with Gasteiger partial charge in [-0.15, -0.1) is 0 Å². The number of aromatic nitrogens is 2. The van der Waals surface area contributed by atoms with E-state index in [0.717, 1.165) is 4.68 Å². The molecule has 0 aliphatic heterocycles. The molecule has 9 heteroatoms. The Labute approximate surface area is 146 Å². The number of hydrogen-bond acceptors (Lipinski definition) is 4. The summed E-state index contributed by atoms with van der Waals surface area (Å²) in [6, 6.07) is 1.14. The fraction of sp³-hybridized carbons (Fsp3) is 0.250. The molecule has 0 N–H and O–H groups in total. The van der Waals surface area contributed by atoms with E-state index >= 15 is 0 Å². The third-order valence-corrected chi connectivity index (χ3v) is 3.57. The van der Waals surface area contributed by atoms with E-state index in [1.807, 2.05) is 0 Å². The molecule has 0 fully saturated rings. The highest BCUT2D eigenvalue weighted by atomic mass is 35.5. The molecule has 0 aliphatic carbocycles. The predicted octanol–water partition coefficient (Wildman–Crippen LogP) is 3.80. The van der Waals surface area contributed by atoms with Gasteiger partial charge in [0, 0.05) is 17.2 Å². The van der Waals surface area contributed by atoms with Crippen LogP contribution >= 0.6 is 11.6 Å². The van der Waals surface area contributed by atoms with Crippen molar-refractivity contribution >= 4 is 23.6 Å². The average molecular weight is 375 g/mol. The fourth-order valence-electron chi connectivity index (χ4n) is 2.04. The standard InChI is InChI=1S/C16H14ClF3N2O3/c1-3-25-16(23)14-10(4-5-24-2)15(17)22(21-14)8-9-6-12(19)13(20)7-11(9)18/h4-7H,3,8H2,1-2H3. The van der Waals surface area contributed by atoms with E-state index in [4.69, 9.17) is 21.1 Å². The smallest absolute Gasteiger partial charge is 0.359 e. The molecule has 0 spiro atoms. The molecule has 2 aromatic rings. The molecule has 0 saturated carbocycles. The van der Waals surface area contributed by atoms with Gasteiger partial charge in [0.2, 0.25) is 0 Å². The molecule has 1 aromatic carbocycles. The van der Waals surface area contributed by atoms with Crippen molar-refractivity contribution in [2.75, 3.05) is 13.7 Å². The summed E-state index contributed by atoms with van der Waals surface area (Å²) >= 11 is 6.18. The molecule has 5 nitrogen and oxygen atoms in total. The van der Waals surface area contributed by atoms with Gasteiger partial charge in [-0.05, 0) is 19.1 Å². The third-order valence-electron chi connectivity index (χ3n) is 3.17. The van der Waals surface area contributed by atoms with Crippen LogP contribution in [-0.2, 0) is 16.0 Å². The lowest BCUT2D eigenvalue weighted by atomic mass is 10.2. The first-order valence-electron chi connectivity index (χ1n) is 7.15. The lowest BCUT2D eigenvalue weighted by molar-refractivity contribution is 0.0518. The summed E-state index contributed by atoms with van der Waals surface area (Å²) in [5, 5.41) is 3.98. The molecule has 134 valence electrons. The van der Waals surface area contributed by atoms with E-state index in [1.54, 1.807) is 6.92 Å². The predicted molar refractivity (Wildman–Crippen MR) is 84.7 cm³/mol. The van der Waals surface area contributed by atoms with E-state index in [9.17, 15) is 18.0 Å². The topological polar surface area (TPSA) is 53.3 Å². The van der Waals surface area contributed by atoms with E-state index in [0.29, 0.717) is 12.1 Å². The SMILES string of the molecule is CCOC(=O)c1nn(Cc2cc(F)c(F)cc2F)c(Cl)c1C=COC. The summed E-state index contributed by atoms with van der Waals surface area (Å²) in [5.41, 5.74) is -0.0888. The van der Waals surface area contributed by atoms with Crippen molar-refractivity contribution in [1.29, 1.82) is 0 Å². The number of nitrogens with zero attached hydrogens (tertiary/aromatic N) is 2. The van der Waals surface area contributed by atoms with Crippen LogP contribution in [0.25, 0.3) is 6.08 Å². The average Bonchev–Trinajstić information content (AvgIpc) is 2.87. The highest BCUT2D eigenvalue weighted by Gasteiger charge is 2.22. The van der Waals surface area contributed by atoms with Gasteiger partial charge >= 0.3 is 5.97 Å². The zero-order valence-electron chi connectivity index (χ0n) is 13.4. The molecule has 0 atom stereocenters. The number of carbonyl (C=O) groups excluding carboxylic acids is 1. The molecule has 1 aromatic heterocycles. The highest BCUT2D eigenvalue weighted by molar-refractivity contribution is 6.31.